The molecule has 3 heteroatoms. The van der Waals surface area contributed by atoms with Crippen LogP contribution in [0.1, 0.15) is 36.9 Å². The van der Waals surface area contributed by atoms with Gasteiger partial charge in [0.25, 0.3) is 0 Å². The van der Waals surface area contributed by atoms with Crippen LogP contribution in [0.15, 0.2) is 12.1 Å². The van der Waals surface area contributed by atoms with Gasteiger partial charge in [0, 0.05) is 6.04 Å². The van der Waals surface area contributed by atoms with Crippen molar-refractivity contribution in [2.75, 3.05) is 6.54 Å². The third-order valence-corrected chi connectivity index (χ3v) is 3.22. The SMILES string of the molecule is CCCNC1CCc2c1ccc(Cl)c2F. The minimum absolute atomic E-state index is 0.227. The monoisotopic (exact) mass is 227 g/mol. The largest absolute Gasteiger partial charge is 0.310 e. The molecule has 1 N–H and O–H groups in total. The average Bonchev–Trinajstić information content (AvgIpc) is 2.64. The predicted octanol–water partition coefficient (Wildman–Crippen LogP) is 3.47. The molecular formula is C12H15ClFN. The summed E-state index contributed by atoms with van der Waals surface area (Å²) in [5.41, 5.74) is 1.89. The van der Waals surface area contributed by atoms with Crippen LogP contribution in [0.2, 0.25) is 5.02 Å². The van der Waals surface area contributed by atoms with Crippen molar-refractivity contribution >= 4 is 11.6 Å². The third-order valence-electron chi connectivity index (χ3n) is 2.93. The normalized spacial score (nSPS) is 19.3. The van der Waals surface area contributed by atoms with Gasteiger partial charge >= 0.3 is 0 Å². The van der Waals surface area contributed by atoms with Gasteiger partial charge in [0.05, 0.1) is 5.02 Å². The Kier molecular flexibility index (Phi) is 3.27. The van der Waals surface area contributed by atoms with Crippen molar-refractivity contribution in [2.45, 2.75) is 32.2 Å². The van der Waals surface area contributed by atoms with Crippen molar-refractivity contribution in [2.24, 2.45) is 0 Å². The van der Waals surface area contributed by atoms with Gasteiger partial charge in [-0.25, -0.2) is 4.39 Å². The zero-order valence-corrected chi connectivity index (χ0v) is 9.57. The number of benzene rings is 1. The maximum Gasteiger partial charge on any atom is 0.145 e. The van der Waals surface area contributed by atoms with Gasteiger partial charge in [0.2, 0.25) is 0 Å². The second-order valence-corrected chi connectivity index (χ2v) is 4.38. The zero-order valence-electron chi connectivity index (χ0n) is 8.82. The quantitative estimate of drug-likeness (QED) is 0.834. The van der Waals surface area contributed by atoms with Crippen molar-refractivity contribution in [3.05, 3.63) is 34.1 Å². The fraction of sp³-hybridized carbons (Fsp3) is 0.500. The lowest BCUT2D eigenvalue weighted by molar-refractivity contribution is 0.529. The first-order valence-electron chi connectivity index (χ1n) is 5.44. The van der Waals surface area contributed by atoms with Gasteiger partial charge in [-0.3, -0.25) is 0 Å². The van der Waals surface area contributed by atoms with Gasteiger partial charge in [-0.15, -0.1) is 0 Å². The molecule has 0 aromatic heterocycles. The molecule has 0 amide bonds. The van der Waals surface area contributed by atoms with Gasteiger partial charge in [-0.2, -0.15) is 0 Å². The van der Waals surface area contributed by atoms with E-state index in [0.717, 1.165) is 36.9 Å². The highest BCUT2D eigenvalue weighted by molar-refractivity contribution is 6.30. The summed E-state index contributed by atoms with van der Waals surface area (Å²) >= 11 is 5.75. The Bertz CT molecular complexity index is 365. The number of fused-ring (bicyclic) bond motifs is 1. The minimum atomic E-state index is -0.227. The molecule has 1 nitrogen and oxygen atoms in total. The lowest BCUT2D eigenvalue weighted by atomic mass is 10.1. The molecule has 0 spiro atoms. The third kappa shape index (κ3) is 2.01. The van der Waals surface area contributed by atoms with Gasteiger partial charge in [0.1, 0.15) is 5.82 Å². The van der Waals surface area contributed by atoms with E-state index in [1.54, 1.807) is 6.07 Å². The van der Waals surface area contributed by atoms with Gasteiger partial charge in [-0.05, 0) is 43.0 Å². The molecule has 0 bridgehead atoms. The van der Waals surface area contributed by atoms with E-state index in [4.69, 9.17) is 11.6 Å². The summed E-state index contributed by atoms with van der Waals surface area (Å²) in [6.07, 6.45) is 2.87. The molecule has 1 aromatic rings. The van der Waals surface area contributed by atoms with Crippen LogP contribution in [-0.2, 0) is 6.42 Å². The van der Waals surface area contributed by atoms with E-state index in [0.29, 0.717) is 6.04 Å². The predicted molar refractivity (Wildman–Crippen MR) is 60.8 cm³/mol. The van der Waals surface area contributed by atoms with E-state index in [1.807, 2.05) is 6.07 Å². The van der Waals surface area contributed by atoms with E-state index in [1.165, 1.54) is 0 Å². The maximum atomic E-state index is 13.6. The summed E-state index contributed by atoms with van der Waals surface area (Å²) < 4.78 is 13.6. The second-order valence-electron chi connectivity index (χ2n) is 3.97. The first-order valence-corrected chi connectivity index (χ1v) is 5.82. The second kappa shape index (κ2) is 4.50. The van der Waals surface area contributed by atoms with Crippen LogP contribution in [0.3, 0.4) is 0 Å². The van der Waals surface area contributed by atoms with E-state index in [2.05, 4.69) is 12.2 Å². The topological polar surface area (TPSA) is 12.0 Å². The molecule has 1 atom stereocenters. The summed E-state index contributed by atoms with van der Waals surface area (Å²) in [5, 5.41) is 3.67. The molecule has 0 radical (unpaired) electrons. The van der Waals surface area contributed by atoms with Gasteiger partial charge < -0.3 is 5.32 Å². The van der Waals surface area contributed by atoms with Crippen molar-refractivity contribution < 1.29 is 4.39 Å². The first-order chi connectivity index (χ1) is 7.24. The number of hydrogen-bond acceptors (Lipinski definition) is 1. The molecular weight excluding hydrogens is 213 g/mol. The number of hydrogen-bond donors (Lipinski definition) is 1. The number of halogens is 2. The number of nitrogens with one attached hydrogen (secondary N) is 1. The van der Waals surface area contributed by atoms with E-state index in [-0.39, 0.29) is 10.8 Å². The molecule has 82 valence electrons. The standard InChI is InChI=1S/C12H15ClFN/c1-2-7-15-11-6-4-9-8(11)3-5-10(13)12(9)14/h3,5,11,15H,2,4,6-7H2,1H3. The summed E-state index contributed by atoms with van der Waals surface area (Å²) in [6.45, 7) is 3.11. The molecule has 0 aliphatic heterocycles. The molecule has 1 aromatic carbocycles. The Balaban J connectivity index is 2.24. The molecule has 1 aliphatic rings. The van der Waals surface area contributed by atoms with Crippen LogP contribution in [0.4, 0.5) is 4.39 Å². The smallest absolute Gasteiger partial charge is 0.145 e. The van der Waals surface area contributed by atoms with E-state index >= 15 is 0 Å². The molecule has 0 heterocycles. The first kappa shape index (κ1) is 10.9. The highest BCUT2D eigenvalue weighted by Crippen LogP contribution is 2.35. The Morgan fingerprint density at radius 2 is 2.33 bits per heavy atom. The van der Waals surface area contributed by atoms with Crippen molar-refractivity contribution in [3.8, 4) is 0 Å². The molecule has 1 unspecified atom stereocenters. The Labute approximate surface area is 94.6 Å². The number of rotatable bonds is 3. The summed E-state index contributed by atoms with van der Waals surface area (Å²) in [6, 6.07) is 3.91. The fourth-order valence-electron chi connectivity index (χ4n) is 2.16. The van der Waals surface area contributed by atoms with Crippen LogP contribution in [0.5, 0.6) is 0 Å². The van der Waals surface area contributed by atoms with Crippen molar-refractivity contribution in [1.82, 2.24) is 5.32 Å². The van der Waals surface area contributed by atoms with Gasteiger partial charge in [0.15, 0.2) is 0 Å². The summed E-state index contributed by atoms with van der Waals surface area (Å²) in [4.78, 5) is 0. The summed E-state index contributed by atoms with van der Waals surface area (Å²) in [7, 11) is 0. The van der Waals surface area contributed by atoms with Crippen molar-refractivity contribution in [3.63, 3.8) is 0 Å². The van der Waals surface area contributed by atoms with Crippen LogP contribution < -0.4 is 5.32 Å². The molecule has 0 fully saturated rings. The maximum absolute atomic E-state index is 13.6. The Morgan fingerprint density at radius 3 is 3.07 bits per heavy atom. The van der Waals surface area contributed by atoms with Gasteiger partial charge in [-0.1, -0.05) is 24.6 Å². The average molecular weight is 228 g/mol. The molecule has 0 saturated heterocycles. The Hall–Kier alpha value is -0.600. The highest BCUT2D eigenvalue weighted by atomic mass is 35.5. The fourth-order valence-corrected chi connectivity index (χ4v) is 2.34. The van der Waals surface area contributed by atoms with Crippen LogP contribution in [0, 0.1) is 5.82 Å². The summed E-state index contributed by atoms with van der Waals surface area (Å²) in [5.74, 6) is -0.227. The van der Waals surface area contributed by atoms with Crippen LogP contribution in [-0.4, -0.2) is 6.54 Å². The zero-order chi connectivity index (χ0) is 10.8. The molecule has 1 aliphatic carbocycles. The van der Waals surface area contributed by atoms with Crippen LogP contribution in [0.25, 0.3) is 0 Å². The Morgan fingerprint density at radius 1 is 1.53 bits per heavy atom. The lowest BCUT2D eigenvalue weighted by Gasteiger charge is -2.13. The molecule has 15 heavy (non-hydrogen) atoms. The lowest BCUT2D eigenvalue weighted by Crippen LogP contribution is -2.19. The minimum Gasteiger partial charge on any atom is -0.310 e. The van der Waals surface area contributed by atoms with Crippen molar-refractivity contribution in [1.29, 1.82) is 0 Å². The molecule has 2 rings (SSSR count). The van der Waals surface area contributed by atoms with E-state index < -0.39 is 0 Å². The van der Waals surface area contributed by atoms with Crippen LogP contribution >= 0.6 is 11.6 Å². The van der Waals surface area contributed by atoms with E-state index in [9.17, 15) is 4.39 Å². The highest BCUT2D eigenvalue weighted by Gasteiger charge is 2.25. The molecule has 0 saturated carbocycles.